The lowest BCUT2D eigenvalue weighted by atomic mass is 9.83. The molecule has 10 heteroatoms. The average Bonchev–Trinajstić information content (AvgIpc) is 2.59. The number of hydrogen-bond acceptors (Lipinski definition) is 10. The molecule has 10 nitrogen and oxygen atoms in total. The van der Waals surface area contributed by atoms with Crippen LogP contribution < -0.4 is 16.8 Å². The summed E-state index contributed by atoms with van der Waals surface area (Å²) in [4.78, 5) is 0. The predicted molar refractivity (Wildman–Crippen MR) is 96.4 cm³/mol. The van der Waals surface area contributed by atoms with Crippen LogP contribution in [0.3, 0.4) is 0 Å². The van der Waals surface area contributed by atoms with Crippen molar-refractivity contribution in [2.45, 2.75) is 94.3 Å². The third kappa shape index (κ3) is 5.15. The molecule has 0 aromatic heterocycles. The maximum Gasteiger partial charge on any atom is 0.176 e. The Bertz CT molecular complexity index is 470. The smallest absolute Gasteiger partial charge is 0.176 e. The molecule has 160 valence electrons. The fourth-order valence-corrected chi connectivity index (χ4v) is 3.61. The van der Waals surface area contributed by atoms with Crippen molar-refractivity contribution < 1.29 is 35.0 Å². The largest absolute Gasteiger partial charge is 0.391 e. The lowest BCUT2D eigenvalue weighted by Crippen LogP contribution is -2.68. The second-order valence-corrected chi connectivity index (χ2v) is 8.16. The SMILES string of the molecule is CC(C)CN[C@@H]1CC(N)[C@@H](O[C@H]2OC([C@@H](C)O)[C@@H](O)C(O)C2N)[C@H](O)[C@@H]1O. The van der Waals surface area contributed by atoms with Crippen LogP contribution in [0.1, 0.15) is 27.2 Å². The Kier molecular flexibility index (Phi) is 7.97. The molecule has 10 N–H and O–H groups in total. The van der Waals surface area contributed by atoms with Crippen molar-refractivity contribution >= 4 is 0 Å². The van der Waals surface area contributed by atoms with Gasteiger partial charge < -0.3 is 51.8 Å². The summed E-state index contributed by atoms with van der Waals surface area (Å²) in [6, 6.07) is -2.10. The third-order valence-corrected chi connectivity index (χ3v) is 5.29. The molecule has 0 bridgehead atoms. The van der Waals surface area contributed by atoms with E-state index in [2.05, 4.69) is 5.32 Å². The van der Waals surface area contributed by atoms with Crippen molar-refractivity contribution in [2.24, 2.45) is 17.4 Å². The summed E-state index contributed by atoms with van der Waals surface area (Å²) >= 11 is 0. The molecule has 1 saturated heterocycles. The first-order valence-corrected chi connectivity index (χ1v) is 9.50. The highest BCUT2D eigenvalue weighted by molar-refractivity contribution is 5.00. The summed E-state index contributed by atoms with van der Waals surface area (Å²) in [7, 11) is 0. The molecule has 1 heterocycles. The van der Waals surface area contributed by atoms with Crippen molar-refractivity contribution in [3.63, 3.8) is 0 Å². The van der Waals surface area contributed by atoms with Crippen molar-refractivity contribution in [2.75, 3.05) is 6.54 Å². The summed E-state index contributed by atoms with van der Waals surface area (Å²) in [5.74, 6) is 0.374. The minimum atomic E-state index is -1.38. The van der Waals surface area contributed by atoms with Crippen LogP contribution in [-0.2, 0) is 9.47 Å². The van der Waals surface area contributed by atoms with E-state index in [1.807, 2.05) is 13.8 Å². The second-order valence-electron chi connectivity index (χ2n) is 8.16. The highest BCUT2D eigenvalue weighted by atomic mass is 16.7. The van der Waals surface area contributed by atoms with E-state index in [0.717, 1.165) is 0 Å². The molecule has 1 aliphatic heterocycles. The molecule has 0 aromatic carbocycles. The molecular weight excluding hydrogens is 358 g/mol. The van der Waals surface area contributed by atoms with E-state index in [0.29, 0.717) is 18.9 Å². The fourth-order valence-electron chi connectivity index (χ4n) is 3.61. The molecule has 0 amide bonds. The molecule has 11 atom stereocenters. The van der Waals surface area contributed by atoms with E-state index in [1.165, 1.54) is 6.92 Å². The molecule has 1 aliphatic carbocycles. The number of ether oxygens (including phenoxy) is 2. The molecule has 2 fully saturated rings. The zero-order valence-electron chi connectivity index (χ0n) is 16.0. The van der Waals surface area contributed by atoms with Crippen molar-refractivity contribution in [1.82, 2.24) is 5.32 Å². The predicted octanol–water partition coefficient (Wildman–Crippen LogP) is -3.41. The van der Waals surface area contributed by atoms with Gasteiger partial charge in [-0.05, 0) is 25.8 Å². The molecule has 1 saturated carbocycles. The van der Waals surface area contributed by atoms with E-state index < -0.39 is 61.1 Å². The molecule has 0 aromatic rings. The van der Waals surface area contributed by atoms with E-state index >= 15 is 0 Å². The van der Waals surface area contributed by atoms with Gasteiger partial charge in [0.25, 0.3) is 0 Å². The minimum absolute atomic E-state index is 0.364. The molecular formula is C17H35N3O7. The van der Waals surface area contributed by atoms with Gasteiger partial charge in [-0.15, -0.1) is 0 Å². The third-order valence-electron chi connectivity index (χ3n) is 5.29. The monoisotopic (exact) mass is 393 g/mol. The lowest BCUT2D eigenvalue weighted by Gasteiger charge is -2.47. The first kappa shape index (κ1) is 22.9. The van der Waals surface area contributed by atoms with E-state index in [9.17, 15) is 25.5 Å². The van der Waals surface area contributed by atoms with Gasteiger partial charge in [0.15, 0.2) is 6.29 Å². The molecule has 0 spiro atoms. The van der Waals surface area contributed by atoms with Crippen molar-refractivity contribution in [3.05, 3.63) is 0 Å². The zero-order valence-corrected chi connectivity index (χ0v) is 16.0. The van der Waals surface area contributed by atoms with Gasteiger partial charge >= 0.3 is 0 Å². The summed E-state index contributed by atoms with van der Waals surface area (Å²) in [6.45, 7) is 6.14. The number of hydrogen-bond donors (Lipinski definition) is 8. The second kappa shape index (κ2) is 9.40. The number of nitrogens with two attached hydrogens (primary N) is 2. The highest BCUT2D eigenvalue weighted by Crippen LogP contribution is 2.28. The fraction of sp³-hybridized carbons (Fsp3) is 1.00. The molecule has 4 unspecified atom stereocenters. The standard InChI is InChI=1S/C17H35N3O7/c1-6(2)5-20-9-4-8(18)16(13(24)11(9)22)27-17-10(19)12(23)14(25)15(26-17)7(3)21/h6-17,20-25H,4-5,18-19H2,1-3H3/t7-,8?,9-,10?,11-,12?,13-,14+,15?,16-,17-/m1/s1. The summed E-state index contributed by atoms with van der Waals surface area (Å²) in [6.07, 6.45) is -9.15. The average molecular weight is 393 g/mol. The van der Waals surface area contributed by atoms with E-state index in [-0.39, 0.29) is 6.04 Å². The summed E-state index contributed by atoms with van der Waals surface area (Å²) in [5, 5.41) is 54.0. The van der Waals surface area contributed by atoms with Crippen LogP contribution in [0.25, 0.3) is 0 Å². The number of aliphatic hydroxyl groups excluding tert-OH is 5. The van der Waals surface area contributed by atoms with Crippen molar-refractivity contribution in [1.29, 1.82) is 0 Å². The van der Waals surface area contributed by atoms with Crippen LogP contribution in [0.2, 0.25) is 0 Å². The quantitative estimate of drug-likeness (QED) is 0.226. The number of aliphatic hydroxyl groups is 5. The lowest BCUT2D eigenvalue weighted by molar-refractivity contribution is -0.301. The Labute approximate surface area is 159 Å². The van der Waals surface area contributed by atoms with Gasteiger partial charge in [0.1, 0.15) is 30.5 Å². The van der Waals surface area contributed by atoms with Crippen LogP contribution >= 0.6 is 0 Å². The Morgan fingerprint density at radius 2 is 1.67 bits per heavy atom. The zero-order chi connectivity index (χ0) is 20.5. The number of rotatable bonds is 6. The van der Waals surface area contributed by atoms with Gasteiger partial charge in [-0.25, -0.2) is 0 Å². The van der Waals surface area contributed by atoms with Crippen LogP contribution in [0, 0.1) is 5.92 Å². The van der Waals surface area contributed by atoms with Gasteiger partial charge in [0.05, 0.1) is 18.2 Å². The summed E-state index contributed by atoms with van der Waals surface area (Å²) in [5.41, 5.74) is 12.0. The topological polar surface area (TPSA) is 184 Å². The highest BCUT2D eigenvalue weighted by Gasteiger charge is 2.49. The van der Waals surface area contributed by atoms with Crippen LogP contribution in [0.5, 0.6) is 0 Å². The maximum absolute atomic E-state index is 10.5. The van der Waals surface area contributed by atoms with Gasteiger partial charge in [0, 0.05) is 12.1 Å². The van der Waals surface area contributed by atoms with Gasteiger partial charge in [-0.1, -0.05) is 13.8 Å². The first-order chi connectivity index (χ1) is 12.5. The Morgan fingerprint density at radius 1 is 1.04 bits per heavy atom. The minimum Gasteiger partial charge on any atom is -0.391 e. The van der Waals surface area contributed by atoms with Gasteiger partial charge in [-0.3, -0.25) is 0 Å². The molecule has 0 radical (unpaired) electrons. The number of nitrogens with one attached hydrogen (secondary N) is 1. The van der Waals surface area contributed by atoms with E-state index in [4.69, 9.17) is 20.9 Å². The summed E-state index contributed by atoms with van der Waals surface area (Å²) < 4.78 is 11.2. The van der Waals surface area contributed by atoms with Crippen LogP contribution in [0.4, 0.5) is 0 Å². The molecule has 2 aliphatic rings. The van der Waals surface area contributed by atoms with Gasteiger partial charge in [-0.2, -0.15) is 0 Å². The molecule has 2 rings (SSSR count). The molecule has 27 heavy (non-hydrogen) atoms. The maximum atomic E-state index is 10.5. The van der Waals surface area contributed by atoms with Gasteiger partial charge in [0.2, 0.25) is 0 Å². The normalized spacial score (nSPS) is 47.2. The Balaban J connectivity index is 2.05. The Morgan fingerprint density at radius 3 is 2.22 bits per heavy atom. The van der Waals surface area contributed by atoms with Crippen LogP contribution in [-0.4, -0.2) is 99.2 Å². The first-order valence-electron chi connectivity index (χ1n) is 9.50. The van der Waals surface area contributed by atoms with Crippen molar-refractivity contribution in [3.8, 4) is 0 Å². The van der Waals surface area contributed by atoms with E-state index in [1.54, 1.807) is 0 Å². The van der Waals surface area contributed by atoms with Crippen LogP contribution in [0.15, 0.2) is 0 Å². The Hall–Kier alpha value is -0.400.